The Morgan fingerprint density at radius 3 is 2.94 bits per heavy atom. The molecule has 1 aliphatic rings. The Bertz CT molecular complexity index is 223. The molecule has 5 nitrogen and oxygen atoms in total. The normalized spacial score (nSPS) is 25.6. The molecule has 94 valence electrons. The van der Waals surface area contributed by atoms with Crippen molar-refractivity contribution >= 4 is 6.03 Å². The van der Waals surface area contributed by atoms with Crippen LogP contribution in [0.2, 0.25) is 0 Å². The summed E-state index contributed by atoms with van der Waals surface area (Å²) in [4.78, 5) is 13.5. The second-order valence-corrected chi connectivity index (χ2v) is 4.52. The quantitative estimate of drug-likeness (QED) is 0.730. The Morgan fingerprint density at radius 2 is 2.31 bits per heavy atom. The molecule has 0 spiro atoms. The molecular weight excluding hydrogens is 208 g/mol. The predicted octanol–water partition coefficient (Wildman–Crippen LogP) is 0.293. The van der Waals surface area contributed by atoms with Crippen molar-refractivity contribution in [1.82, 2.24) is 10.2 Å². The minimum absolute atomic E-state index is 0.0172. The smallest absolute Gasteiger partial charge is 0.317 e. The number of amides is 2. The number of ether oxygens (including phenoxy) is 1. The van der Waals surface area contributed by atoms with Crippen LogP contribution in [0.5, 0.6) is 0 Å². The number of rotatable bonds is 4. The topological polar surface area (TPSA) is 61.8 Å². The molecule has 16 heavy (non-hydrogen) atoms. The molecular formula is C11H22N2O3. The van der Waals surface area contributed by atoms with Gasteiger partial charge in [-0.05, 0) is 12.3 Å². The molecule has 2 atom stereocenters. The average Bonchev–Trinajstić information content (AvgIpc) is 2.25. The summed E-state index contributed by atoms with van der Waals surface area (Å²) in [6.07, 6.45) is 1.11. The van der Waals surface area contributed by atoms with E-state index in [4.69, 9.17) is 9.84 Å². The minimum atomic E-state index is -0.0818. The lowest BCUT2D eigenvalue weighted by atomic mass is 9.91. The van der Waals surface area contributed by atoms with Crippen LogP contribution in [0.25, 0.3) is 0 Å². The van der Waals surface area contributed by atoms with E-state index < -0.39 is 0 Å². The monoisotopic (exact) mass is 230 g/mol. The highest BCUT2D eigenvalue weighted by molar-refractivity contribution is 5.74. The summed E-state index contributed by atoms with van der Waals surface area (Å²) in [5.74, 6) is 0.933. The molecule has 0 radical (unpaired) electrons. The molecule has 0 aromatic rings. The number of likely N-dealkylation sites (tertiary alicyclic amines) is 1. The van der Waals surface area contributed by atoms with Gasteiger partial charge in [0, 0.05) is 32.7 Å². The number of carbonyl (C=O) groups is 1. The third-order valence-corrected chi connectivity index (χ3v) is 2.82. The first-order chi connectivity index (χ1) is 7.67. The van der Waals surface area contributed by atoms with Gasteiger partial charge in [-0.2, -0.15) is 0 Å². The lowest BCUT2D eigenvalue weighted by Crippen LogP contribution is -2.49. The summed E-state index contributed by atoms with van der Waals surface area (Å²) in [6.45, 7) is 4.68. The van der Waals surface area contributed by atoms with Gasteiger partial charge in [-0.1, -0.05) is 6.92 Å². The van der Waals surface area contributed by atoms with E-state index in [-0.39, 0.29) is 12.6 Å². The van der Waals surface area contributed by atoms with Gasteiger partial charge in [0.1, 0.15) is 0 Å². The molecule has 5 heteroatoms. The van der Waals surface area contributed by atoms with Gasteiger partial charge in [0.15, 0.2) is 0 Å². The molecule has 1 rings (SSSR count). The number of methoxy groups -OCH3 is 1. The highest BCUT2D eigenvalue weighted by Gasteiger charge is 2.27. The molecule has 1 aliphatic heterocycles. The van der Waals surface area contributed by atoms with Crippen molar-refractivity contribution in [1.29, 1.82) is 0 Å². The molecule has 0 unspecified atom stereocenters. The summed E-state index contributed by atoms with van der Waals surface area (Å²) in [7, 11) is 1.69. The number of hydrogen-bond acceptors (Lipinski definition) is 3. The lowest BCUT2D eigenvalue weighted by molar-refractivity contribution is 0.0808. The van der Waals surface area contributed by atoms with Gasteiger partial charge >= 0.3 is 6.03 Å². The van der Waals surface area contributed by atoms with Gasteiger partial charge in [-0.3, -0.25) is 0 Å². The Hall–Kier alpha value is -0.810. The zero-order chi connectivity index (χ0) is 12.0. The molecule has 0 aromatic heterocycles. The Balaban J connectivity index is 2.43. The van der Waals surface area contributed by atoms with Crippen molar-refractivity contribution in [3.05, 3.63) is 0 Å². The molecule has 0 aromatic carbocycles. The Morgan fingerprint density at radius 1 is 1.56 bits per heavy atom. The molecule has 1 fully saturated rings. The fourth-order valence-corrected chi connectivity index (χ4v) is 2.28. The summed E-state index contributed by atoms with van der Waals surface area (Å²) >= 11 is 0. The van der Waals surface area contributed by atoms with Crippen molar-refractivity contribution in [2.24, 2.45) is 11.8 Å². The third kappa shape index (κ3) is 3.98. The van der Waals surface area contributed by atoms with Crippen molar-refractivity contribution in [2.75, 3.05) is 40.0 Å². The highest BCUT2D eigenvalue weighted by Crippen LogP contribution is 2.21. The maximum Gasteiger partial charge on any atom is 0.317 e. The molecule has 1 saturated heterocycles. The van der Waals surface area contributed by atoms with E-state index in [1.807, 2.05) is 4.90 Å². The summed E-state index contributed by atoms with van der Waals surface area (Å²) in [5.41, 5.74) is 0. The van der Waals surface area contributed by atoms with Crippen LogP contribution in [-0.4, -0.2) is 56.0 Å². The third-order valence-electron chi connectivity index (χ3n) is 2.82. The van der Waals surface area contributed by atoms with Crippen molar-refractivity contribution in [3.8, 4) is 0 Å². The molecule has 0 aliphatic carbocycles. The van der Waals surface area contributed by atoms with Crippen molar-refractivity contribution in [2.45, 2.75) is 13.3 Å². The van der Waals surface area contributed by atoms with E-state index in [0.29, 0.717) is 25.0 Å². The van der Waals surface area contributed by atoms with Crippen molar-refractivity contribution < 1.29 is 14.6 Å². The van der Waals surface area contributed by atoms with Gasteiger partial charge in [0.05, 0.1) is 13.2 Å². The second kappa shape index (κ2) is 6.70. The van der Waals surface area contributed by atoms with Gasteiger partial charge in [0.2, 0.25) is 0 Å². The fourth-order valence-electron chi connectivity index (χ4n) is 2.28. The number of aliphatic hydroxyl groups excluding tert-OH is 1. The van der Waals surface area contributed by atoms with Gasteiger partial charge in [0.25, 0.3) is 0 Å². The number of urea groups is 1. The van der Waals surface area contributed by atoms with E-state index in [0.717, 1.165) is 19.5 Å². The number of hydrogen-bond donors (Lipinski definition) is 2. The number of carbonyl (C=O) groups excluding carboxylic acids is 1. The zero-order valence-electron chi connectivity index (χ0n) is 10.1. The van der Waals surface area contributed by atoms with E-state index in [2.05, 4.69) is 12.2 Å². The summed E-state index contributed by atoms with van der Waals surface area (Å²) < 4.78 is 5.14. The van der Waals surface area contributed by atoms with Gasteiger partial charge in [-0.15, -0.1) is 0 Å². The largest absolute Gasteiger partial charge is 0.395 e. The van der Waals surface area contributed by atoms with Crippen LogP contribution in [-0.2, 0) is 4.74 Å². The number of nitrogens with zero attached hydrogens (tertiary/aromatic N) is 1. The number of aliphatic hydroxyl groups is 1. The van der Waals surface area contributed by atoms with Crippen LogP contribution in [0.1, 0.15) is 13.3 Å². The molecule has 0 saturated carbocycles. The van der Waals surface area contributed by atoms with Crippen LogP contribution in [0.15, 0.2) is 0 Å². The number of nitrogens with one attached hydrogen (secondary N) is 1. The highest BCUT2D eigenvalue weighted by atomic mass is 16.5. The first-order valence-corrected chi connectivity index (χ1v) is 5.80. The molecule has 2 N–H and O–H groups in total. The maximum atomic E-state index is 11.7. The Kier molecular flexibility index (Phi) is 5.55. The maximum absolute atomic E-state index is 11.7. The van der Waals surface area contributed by atoms with Crippen LogP contribution in [0, 0.1) is 11.8 Å². The van der Waals surface area contributed by atoms with Crippen LogP contribution in [0.4, 0.5) is 4.79 Å². The van der Waals surface area contributed by atoms with E-state index in [1.54, 1.807) is 7.11 Å². The zero-order valence-corrected chi connectivity index (χ0v) is 10.1. The van der Waals surface area contributed by atoms with Gasteiger partial charge in [-0.25, -0.2) is 4.79 Å². The van der Waals surface area contributed by atoms with E-state index >= 15 is 0 Å². The standard InChI is InChI=1S/C11H22N2O3/c1-9-5-10(8-16-2)7-13(6-9)11(15)12-3-4-14/h9-10,14H,3-8H2,1-2H3,(H,12,15)/t9-,10+/m1/s1. The average molecular weight is 230 g/mol. The van der Waals surface area contributed by atoms with E-state index in [1.165, 1.54) is 0 Å². The first-order valence-electron chi connectivity index (χ1n) is 5.80. The van der Waals surface area contributed by atoms with Crippen LogP contribution < -0.4 is 5.32 Å². The molecule has 2 amide bonds. The molecule has 0 bridgehead atoms. The van der Waals surface area contributed by atoms with Crippen LogP contribution >= 0.6 is 0 Å². The summed E-state index contributed by atoms with van der Waals surface area (Å²) in [6, 6.07) is -0.0818. The van der Waals surface area contributed by atoms with Crippen molar-refractivity contribution in [3.63, 3.8) is 0 Å². The van der Waals surface area contributed by atoms with Crippen LogP contribution in [0.3, 0.4) is 0 Å². The second-order valence-electron chi connectivity index (χ2n) is 4.52. The summed E-state index contributed by atoms with van der Waals surface area (Å²) in [5, 5.41) is 11.3. The fraction of sp³-hybridized carbons (Fsp3) is 0.909. The number of piperidine rings is 1. The molecule has 1 heterocycles. The minimum Gasteiger partial charge on any atom is -0.395 e. The lowest BCUT2D eigenvalue weighted by Gasteiger charge is -2.36. The van der Waals surface area contributed by atoms with E-state index in [9.17, 15) is 4.79 Å². The Labute approximate surface area is 96.8 Å². The van der Waals surface area contributed by atoms with Gasteiger partial charge < -0.3 is 20.1 Å². The predicted molar refractivity (Wildman–Crippen MR) is 61.2 cm³/mol. The SMILES string of the molecule is COC[C@H]1C[C@@H](C)CN(C(=O)NCCO)C1. The first kappa shape index (κ1) is 13.3.